The molecule has 4 nitrogen and oxygen atoms in total. The zero-order valence-electron chi connectivity index (χ0n) is 18.5. The Morgan fingerprint density at radius 1 is 1.03 bits per heavy atom. The molecule has 30 heavy (non-hydrogen) atoms. The van der Waals surface area contributed by atoms with E-state index < -0.39 is 6.04 Å². The predicted molar refractivity (Wildman–Crippen MR) is 124 cm³/mol. The van der Waals surface area contributed by atoms with Crippen molar-refractivity contribution in [2.45, 2.75) is 65.5 Å². The first-order chi connectivity index (χ1) is 14.3. The highest BCUT2D eigenvalue weighted by molar-refractivity contribution is 6.31. The molecule has 0 saturated carbocycles. The quantitative estimate of drug-likeness (QED) is 0.555. The molecule has 0 aliphatic carbocycles. The van der Waals surface area contributed by atoms with Gasteiger partial charge in [-0.25, -0.2) is 0 Å². The standard InChI is InChI=1S/C25H33ClN2O2/c1-5-16-27-25(30)19(4)28(17-22-8-6-7-9-23(22)26)24(29)15-12-20-10-13-21(14-11-20)18(2)3/h6-11,13-14,18-19H,5,12,15-17H2,1-4H3,(H,27,30)/t19-/m1/s1. The van der Waals surface area contributed by atoms with Gasteiger partial charge in [0.1, 0.15) is 6.04 Å². The number of aryl methyl sites for hydroxylation is 1. The summed E-state index contributed by atoms with van der Waals surface area (Å²) in [5, 5.41) is 3.49. The number of carbonyl (C=O) groups is 2. The topological polar surface area (TPSA) is 49.4 Å². The average molecular weight is 429 g/mol. The van der Waals surface area contributed by atoms with Crippen LogP contribution in [0.2, 0.25) is 5.02 Å². The summed E-state index contributed by atoms with van der Waals surface area (Å²) in [5.41, 5.74) is 3.24. The Labute approximate surface area is 185 Å². The van der Waals surface area contributed by atoms with E-state index in [1.54, 1.807) is 17.9 Å². The van der Waals surface area contributed by atoms with Crippen molar-refractivity contribution in [3.8, 4) is 0 Å². The second-order valence-electron chi connectivity index (χ2n) is 7.98. The van der Waals surface area contributed by atoms with E-state index in [1.165, 1.54) is 5.56 Å². The van der Waals surface area contributed by atoms with Gasteiger partial charge in [-0.2, -0.15) is 0 Å². The molecule has 0 radical (unpaired) electrons. The number of rotatable bonds is 10. The van der Waals surface area contributed by atoms with Crippen molar-refractivity contribution in [1.82, 2.24) is 10.2 Å². The zero-order chi connectivity index (χ0) is 22.1. The van der Waals surface area contributed by atoms with Crippen LogP contribution < -0.4 is 5.32 Å². The van der Waals surface area contributed by atoms with Crippen molar-refractivity contribution < 1.29 is 9.59 Å². The summed E-state index contributed by atoms with van der Waals surface area (Å²) >= 11 is 6.32. The molecule has 0 saturated heterocycles. The van der Waals surface area contributed by atoms with Gasteiger partial charge in [0, 0.05) is 24.5 Å². The van der Waals surface area contributed by atoms with Gasteiger partial charge in [0.15, 0.2) is 0 Å². The van der Waals surface area contributed by atoms with Gasteiger partial charge < -0.3 is 10.2 Å². The lowest BCUT2D eigenvalue weighted by Crippen LogP contribution is -2.47. The minimum absolute atomic E-state index is 0.0537. The van der Waals surface area contributed by atoms with E-state index in [2.05, 4.69) is 43.4 Å². The predicted octanol–water partition coefficient (Wildman–Crippen LogP) is 5.34. The number of amides is 2. The molecule has 162 valence electrons. The van der Waals surface area contributed by atoms with E-state index in [1.807, 2.05) is 25.1 Å². The lowest BCUT2D eigenvalue weighted by Gasteiger charge is -2.29. The van der Waals surface area contributed by atoms with Crippen LogP contribution in [0.1, 0.15) is 63.1 Å². The van der Waals surface area contributed by atoms with Gasteiger partial charge in [-0.05, 0) is 48.4 Å². The van der Waals surface area contributed by atoms with Crippen LogP contribution in [0.5, 0.6) is 0 Å². The zero-order valence-corrected chi connectivity index (χ0v) is 19.2. The van der Waals surface area contributed by atoms with Crippen LogP contribution in [0, 0.1) is 0 Å². The van der Waals surface area contributed by atoms with Crippen molar-refractivity contribution in [2.24, 2.45) is 0 Å². The number of hydrogen-bond donors (Lipinski definition) is 1. The van der Waals surface area contributed by atoms with Crippen molar-refractivity contribution >= 4 is 23.4 Å². The Morgan fingerprint density at radius 2 is 1.70 bits per heavy atom. The Kier molecular flexibility index (Phi) is 9.38. The lowest BCUT2D eigenvalue weighted by atomic mass is 10.00. The number of carbonyl (C=O) groups excluding carboxylic acids is 2. The number of hydrogen-bond acceptors (Lipinski definition) is 2. The van der Waals surface area contributed by atoms with Gasteiger partial charge in [-0.1, -0.05) is 74.8 Å². The summed E-state index contributed by atoms with van der Waals surface area (Å²) in [6.45, 7) is 9.01. The molecule has 2 aromatic rings. The Bertz CT molecular complexity index is 833. The molecule has 5 heteroatoms. The highest BCUT2D eigenvalue weighted by atomic mass is 35.5. The van der Waals surface area contributed by atoms with Crippen LogP contribution in [0.4, 0.5) is 0 Å². The summed E-state index contributed by atoms with van der Waals surface area (Å²) in [7, 11) is 0. The van der Waals surface area contributed by atoms with Crippen molar-refractivity contribution in [2.75, 3.05) is 6.54 Å². The fourth-order valence-corrected chi connectivity index (χ4v) is 3.45. The first-order valence-electron chi connectivity index (χ1n) is 10.7. The molecule has 0 aliphatic rings. The molecule has 2 aromatic carbocycles. The van der Waals surface area contributed by atoms with E-state index in [-0.39, 0.29) is 11.8 Å². The molecule has 0 heterocycles. The average Bonchev–Trinajstić information content (AvgIpc) is 2.75. The molecule has 0 spiro atoms. The van der Waals surface area contributed by atoms with Crippen molar-refractivity contribution in [3.63, 3.8) is 0 Å². The van der Waals surface area contributed by atoms with E-state index in [9.17, 15) is 9.59 Å². The smallest absolute Gasteiger partial charge is 0.242 e. The minimum Gasteiger partial charge on any atom is -0.354 e. The fourth-order valence-electron chi connectivity index (χ4n) is 3.25. The molecule has 0 unspecified atom stereocenters. The van der Waals surface area contributed by atoms with Gasteiger partial charge in [0.2, 0.25) is 11.8 Å². The maximum Gasteiger partial charge on any atom is 0.242 e. The van der Waals surface area contributed by atoms with Crippen LogP contribution in [0.25, 0.3) is 0 Å². The van der Waals surface area contributed by atoms with E-state index in [0.717, 1.165) is 17.5 Å². The third-order valence-electron chi connectivity index (χ3n) is 5.29. The molecule has 2 amide bonds. The van der Waals surface area contributed by atoms with Crippen LogP contribution in [0.3, 0.4) is 0 Å². The van der Waals surface area contributed by atoms with Gasteiger partial charge in [-0.15, -0.1) is 0 Å². The first kappa shape index (κ1) is 23.9. The maximum atomic E-state index is 13.1. The van der Waals surface area contributed by atoms with E-state index in [4.69, 9.17) is 11.6 Å². The highest BCUT2D eigenvalue weighted by Gasteiger charge is 2.26. The largest absolute Gasteiger partial charge is 0.354 e. The summed E-state index contributed by atoms with van der Waals surface area (Å²) < 4.78 is 0. The summed E-state index contributed by atoms with van der Waals surface area (Å²) in [6.07, 6.45) is 1.83. The van der Waals surface area contributed by atoms with Crippen LogP contribution in [-0.4, -0.2) is 29.3 Å². The SMILES string of the molecule is CCCNC(=O)[C@@H](C)N(Cc1ccccc1Cl)C(=O)CCc1ccc(C(C)C)cc1. The monoisotopic (exact) mass is 428 g/mol. The van der Waals surface area contributed by atoms with Crippen LogP contribution >= 0.6 is 11.6 Å². The number of halogens is 1. The van der Waals surface area contributed by atoms with Gasteiger partial charge in [-0.3, -0.25) is 9.59 Å². The third kappa shape index (κ3) is 6.88. The second kappa shape index (κ2) is 11.8. The highest BCUT2D eigenvalue weighted by Crippen LogP contribution is 2.20. The molecule has 1 atom stereocenters. The van der Waals surface area contributed by atoms with E-state index >= 15 is 0 Å². The maximum absolute atomic E-state index is 13.1. The van der Waals surface area contributed by atoms with Gasteiger partial charge in [0.05, 0.1) is 0 Å². The molecule has 1 N–H and O–H groups in total. The Morgan fingerprint density at radius 3 is 2.30 bits per heavy atom. The Balaban J connectivity index is 2.12. The van der Waals surface area contributed by atoms with Crippen LogP contribution in [0.15, 0.2) is 48.5 Å². The molecule has 2 rings (SSSR count). The summed E-state index contributed by atoms with van der Waals surface area (Å²) in [4.78, 5) is 27.3. The lowest BCUT2D eigenvalue weighted by molar-refractivity contribution is -0.140. The van der Waals surface area contributed by atoms with Gasteiger partial charge in [0.25, 0.3) is 0 Å². The van der Waals surface area contributed by atoms with Gasteiger partial charge >= 0.3 is 0 Å². The summed E-state index contributed by atoms with van der Waals surface area (Å²) in [6, 6.07) is 15.3. The van der Waals surface area contributed by atoms with E-state index in [0.29, 0.717) is 36.9 Å². The number of nitrogens with zero attached hydrogens (tertiary/aromatic N) is 1. The number of benzene rings is 2. The van der Waals surface area contributed by atoms with Crippen molar-refractivity contribution in [1.29, 1.82) is 0 Å². The molecular formula is C25H33ClN2O2. The fraction of sp³-hybridized carbons (Fsp3) is 0.440. The Hall–Kier alpha value is -2.33. The number of nitrogens with one attached hydrogen (secondary N) is 1. The minimum atomic E-state index is -0.566. The summed E-state index contributed by atoms with van der Waals surface area (Å²) in [5.74, 6) is 0.287. The van der Waals surface area contributed by atoms with Crippen LogP contribution in [-0.2, 0) is 22.6 Å². The molecule has 0 aromatic heterocycles. The molecular weight excluding hydrogens is 396 g/mol. The molecule has 0 bridgehead atoms. The van der Waals surface area contributed by atoms with Crippen molar-refractivity contribution in [3.05, 3.63) is 70.2 Å². The normalized spacial score (nSPS) is 11.9. The molecule has 0 fully saturated rings. The molecule has 0 aliphatic heterocycles. The third-order valence-corrected chi connectivity index (χ3v) is 5.66. The second-order valence-corrected chi connectivity index (χ2v) is 8.38. The first-order valence-corrected chi connectivity index (χ1v) is 11.1.